The van der Waals surface area contributed by atoms with Crippen LogP contribution in [0.2, 0.25) is 0 Å². The zero-order valence-corrected chi connectivity index (χ0v) is 9.52. The number of hydrogen-bond acceptors (Lipinski definition) is 3. The Morgan fingerprint density at radius 3 is 2.23 bits per heavy atom. The van der Waals surface area contributed by atoms with Crippen molar-refractivity contribution < 1.29 is 13.2 Å². The van der Waals surface area contributed by atoms with Gasteiger partial charge in [-0.05, 0) is 27.7 Å². The minimum Gasteiger partial charge on any atom is -0.377 e. The van der Waals surface area contributed by atoms with Crippen LogP contribution < -0.4 is 4.72 Å². The number of nitrogens with one attached hydrogen (secondary N) is 1. The predicted octanol–water partition coefficient (Wildman–Crippen LogP) is 0.739. The molecular formula is C8H19NO3S. The van der Waals surface area contributed by atoms with Gasteiger partial charge in [0.25, 0.3) is 0 Å². The highest BCUT2D eigenvalue weighted by Crippen LogP contribution is 1.97. The number of hydrogen-bond donors (Lipinski definition) is 1. The SMILES string of the molecule is CCOC(C)CNS(=O)(=O)C(C)C. The van der Waals surface area contributed by atoms with Crippen molar-refractivity contribution in [1.29, 1.82) is 0 Å². The largest absolute Gasteiger partial charge is 0.377 e. The standard InChI is InChI=1S/C8H19NO3S/c1-5-12-8(4)6-9-13(10,11)7(2)3/h7-9H,5-6H2,1-4H3. The average Bonchev–Trinajstić information content (AvgIpc) is 2.01. The van der Waals surface area contributed by atoms with E-state index in [4.69, 9.17) is 4.74 Å². The van der Waals surface area contributed by atoms with E-state index in [1.165, 1.54) is 0 Å². The minimum atomic E-state index is -3.14. The molecule has 0 heterocycles. The Morgan fingerprint density at radius 2 is 1.85 bits per heavy atom. The maximum atomic E-state index is 11.3. The molecule has 0 aromatic carbocycles. The Hall–Kier alpha value is -0.130. The van der Waals surface area contributed by atoms with Crippen LogP contribution in [-0.4, -0.2) is 32.9 Å². The maximum absolute atomic E-state index is 11.3. The quantitative estimate of drug-likeness (QED) is 0.702. The molecule has 0 bridgehead atoms. The van der Waals surface area contributed by atoms with E-state index in [1.807, 2.05) is 13.8 Å². The van der Waals surface area contributed by atoms with E-state index < -0.39 is 10.0 Å². The van der Waals surface area contributed by atoms with E-state index in [0.29, 0.717) is 13.2 Å². The lowest BCUT2D eigenvalue weighted by Crippen LogP contribution is -2.36. The van der Waals surface area contributed by atoms with Gasteiger partial charge in [-0.2, -0.15) is 0 Å². The van der Waals surface area contributed by atoms with Crippen molar-refractivity contribution >= 4 is 10.0 Å². The van der Waals surface area contributed by atoms with Crippen LogP contribution in [-0.2, 0) is 14.8 Å². The first kappa shape index (κ1) is 12.9. The highest BCUT2D eigenvalue weighted by atomic mass is 32.2. The van der Waals surface area contributed by atoms with Gasteiger partial charge in [0.15, 0.2) is 0 Å². The van der Waals surface area contributed by atoms with Crippen LogP contribution in [0.25, 0.3) is 0 Å². The monoisotopic (exact) mass is 209 g/mol. The Kier molecular flexibility index (Phi) is 5.51. The van der Waals surface area contributed by atoms with E-state index in [9.17, 15) is 8.42 Å². The molecule has 13 heavy (non-hydrogen) atoms. The zero-order valence-electron chi connectivity index (χ0n) is 8.70. The second kappa shape index (κ2) is 5.57. The van der Waals surface area contributed by atoms with Crippen molar-refractivity contribution in [3.05, 3.63) is 0 Å². The van der Waals surface area contributed by atoms with Crippen molar-refractivity contribution in [1.82, 2.24) is 4.72 Å². The molecule has 5 heteroatoms. The molecule has 0 saturated heterocycles. The molecule has 0 radical (unpaired) electrons. The van der Waals surface area contributed by atoms with Gasteiger partial charge in [-0.25, -0.2) is 13.1 Å². The summed E-state index contributed by atoms with van der Waals surface area (Å²) in [5, 5.41) is -0.388. The maximum Gasteiger partial charge on any atom is 0.214 e. The fraction of sp³-hybridized carbons (Fsp3) is 1.00. The fourth-order valence-corrected chi connectivity index (χ4v) is 1.54. The van der Waals surface area contributed by atoms with Crippen LogP contribution in [0.15, 0.2) is 0 Å². The fourth-order valence-electron chi connectivity index (χ4n) is 0.744. The average molecular weight is 209 g/mol. The minimum absolute atomic E-state index is 0.0708. The molecule has 0 amide bonds. The smallest absolute Gasteiger partial charge is 0.214 e. The van der Waals surface area contributed by atoms with E-state index in [0.717, 1.165) is 0 Å². The number of sulfonamides is 1. The highest BCUT2D eigenvalue weighted by Gasteiger charge is 2.15. The van der Waals surface area contributed by atoms with E-state index >= 15 is 0 Å². The molecule has 0 aliphatic heterocycles. The number of ether oxygens (including phenoxy) is 1. The molecule has 0 aliphatic rings. The Labute approximate surface area is 80.7 Å². The van der Waals surface area contributed by atoms with Crippen LogP contribution in [0.1, 0.15) is 27.7 Å². The molecule has 0 fully saturated rings. The first-order chi connectivity index (χ1) is 5.90. The van der Waals surface area contributed by atoms with Gasteiger partial charge in [-0.3, -0.25) is 0 Å². The third-order valence-electron chi connectivity index (χ3n) is 1.64. The Morgan fingerprint density at radius 1 is 1.31 bits per heavy atom. The predicted molar refractivity (Wildman–Crippen MR) is 53.1 cm³/mol. The van der Waals surface area contributed by atoms with Crippen LogP contribution in [0.3, 0.4) is 0 Å². The Bertz CT molecular complexity index is 224. The lowest BCUT2D eigenvalue weighted by molar-refractivity contribution is 0.0799. The molecule has 0 rings (SSSR count). The first-order valence-corrected chi connectivity index (χ1v) is 6.04. The lowest BCUT2D eigenvalue weighted by Gasteiger charge is -2.14. The topological polar surface area (TPSA) is 55.4 Å². The van der Waals surface area contributed by atoms with Gasteiger partial charge < -0.3 is 4.74 Å². The first-order valence-electron chi connectivity index (χ1n) is 4.50. The van der Waals surface area contributed by atoms with Gasteiger partial charge in [-0.15, -0.1) is 0 Å². The second-order valence-electron chi connectivity index (χ2n) is 3.21. The molecule has 0 aromatic heterocycles. The normalized spacial score (nSPS) is 14.8. The second-order valence-corrected chi connectivity index (χ2v) is 5.53. The molecule has 80 valence electrons. The molecule has 0 aromatic rings. The van der Waals surface area contributed by atoms with Crippen LogP contribution in [0.5, 0.6) is 0 Å². The molecule has 1 unspecified atom stereocenters. The van der Waals surface area contributed by atoms with Gasteiger partial charge in [0, 0.05) is 13.2 Å². The summed E-state index contributed by atoms with van der Waals surface area (Å²) in [4.78, 5) is 0. The molecule has 1 atom stereocenters. The zero-order chi connectivity index (χ0) is 10.5. The lowest BCUT2D eigenvalue weighted by atomic mass is 10.4. The highest BCUT2D eigenvalue weighted by molar-refractivity contribution is 7.90. The van der Waals surface area contributed by atoms with E-state index in [-0.39, 0.29) is 11.4 Å². The van der Waals surface area contributed by atoms with Crippen molar-refractivity contribution in [3.63, 3.8) is 0 Å². The van der Waals surface area contributed by atoms with Gasteiger partial charge in [0.2, 0.25) is 10.0 Å². The molecule has 0 spiro atoms. The number of rotatable bonds is 6. The van der Waals surface area contributed by atoms with E-state index in [1.54, 1.807) is 13.8 Å². The van der Waals surface area contributed by atoms with Gasteiger partial charge in [0.05, 0.1) is 11.4 Å². The molecule has 1 N–H and O–H groups in total. The summed E-state index contributed by atoms with van der Waals surface area (Å²) in [5.41, 5.74) is 0. The summed E-state index contributed by atoms with van der Waals surface area (Å²) in [6.45, 7) is 7.96. The van der Waals surface area contributed by atoms with Crippen molar-refractivity contribution in [2.75, 3.05) is 13.2 Å². The van der Waals surface area contributed by atoms with Crippen LogP contribution in [0, 0.1) is 0 Å². The third kappa shape index (κ3) is 5.23. The molecule has 4 nitrogen and oxygen atoms in total. The van der Waals surface area contributed by atoms with Gasteiger partial charge in [0.1, 0.15) is 0 Å². The molecule has 0 saturated carbocycles. The summed E-state index contributed by atoms with van der Waals surface area (Å²) in [7, 11) is -3.14. The van der Waals surface area contributed by atoms with Crippen LogP contribution >= 0.6 is 0 Å². The van der Waals surface area contributed by atoms with Gasteiger partial charge >= 0.3 is 0 Å². The third-order valence-corrected chi connectivity index (χ3v) is 3.45. The van der Waals surface area contributed by atoms with Crippen molar-refractivity contribution in [2.45, 2.75) is 39.0 Å². The molecule has 0 aliphatic carbocycles. The van der Waals surface area contributed by atoms with Crippen LogP contribution in [0.4, 0.5) is 0 Å². The van der Waals surface area contributed by atoms with E-state index in [2.05, 4.69) is 4.72 Å². The van der Waals surface area contributed by atoms with Crippen molar-refractivity contribution in [2.24, 2.45) is 0 Å². The summed E-state index contributed by atoms with van der Waals surface area (Å²) in [6, 6.07) is 0. The summed E-state index contributed by atoms with van der Waals surface area (Å²) in [6.07, 6.45) is -0.0708. The van der Waals surface area contributed by atoms with Crippen molar-refractivity contribution in [3.8, 4) is 0 Å². The summed E-state index contributed by atoms with van der Waals surface area (Å²) >= 11 is 0. The van der Waals surface area contributed by atoms with Gasteiger partial charge in [-0.1, -0.05) is 0 Å². The Balaban J connectivity index is 3.89. The summed E-state index contributed by atoms with van der Waals surface area (Å²) < 4.78 is 30.2. The summed E-state index contributed by atoms with van der Waals surface area (Å²) in [5.74, 6) is 0. The molecular weight excluding hydrogens is 190 g/mol.